The molecule has 2 rings (SSSR count). The van der Waals surface area contributed by atoms with Crippen LogP contribution in [0.2, 0.25) is 0 Å². The normalized spacial score (nSPS) is 12.7. The molecule has 0 amide bonds. The number of thioether (sulfide) groups is 2. The van der Waals surface area contributed by atoms with Crippen molar-refractivity contribution in [1.29, 1.82) is 5.26 Å². The standard InChI is InChI=1S/C51H70N2O12S2/c1-35(2)47(58)62-33-50(6,7)31-60-40(54)25-21-17-13-11-15-19-23-27-42(56)64-39-29-37(5)44(46-45(39)66-49(67-46)38(30-52)53-10)65-43(57)28-24-20-16-12-14-18-22-26-41(55)61-32-51(8,9)34-63-48(59)36(3)4/h29H,1,3,11-28,31-34H2,2,4-9H3/b49-38+. The minimum Gasteiger partial charge on any atom is -0.465 e. The third-order valence-corrected chi connectivity index (χ3v) is 12.8. The Labute approximate surface area is 406 Å². The molecule has 0 radical (unpaired) electrons. The van der Waals surface area contributed by atoms with Crippen molar-refractivity contribution in [3.8, 4) is 17.6 Å². The number of allylic oxidation sites excluding steroid dienone is 1. The van der Waals surface area contributed by atoms with Gasteiger partial charge in [0.15, 0.2) is 0 Å². The number of nitriles is 1. The van der Waals surface area contributed by atoms with Gasteiger partial charge in [0, 0.05) is 47.7 Å². The number of ether oxygens (including phenoxy) is 6. The SMILES string of the molecule is [C-]#[N+]/C(C#N)=C1\Sc2c(OC(=O)CCCCCCCCCC(=O)OCC(C)(C)COC(=O)C(=C)C)cc(C)c(OC(=O)CCCCCCCCCC(=O)OCC(C)(C)COC(=O)C(=C)C)c2S1. The predicted molar refractivity (Wildman–Crippen MR) is 258 cm³/mol. The molecule has 0 spiro atoms. The zero-order chi connectivity index (χ0) is 50.0. The maximum Gasteiger partial charge on any atom is 0.333 e. The molecule has 1 aliphatic heterocycles. The molecule has 0 N–H and O–H groups in total. The van der Waals surface area contributed by atoms with Crippen molar-refractivity contribution in [3.63, 3.8) is 0 Å². The Kier molecular flexibility index (Phi) is 26.3. The van der Waals surface area contributed by atoms with Crippen LogP contribution < -0.4 is 9.47 Å². The van der Waals surface area contributed by atoms with Crippen LogP contribution in [-0.2, 0) is 47.7 Å². The average molecular weight is 967 g/mol. The summed E-state index contributed by atoms with van der Waals surface area (Å²) < 4.78 is 33.3. The lowest BCUT2D eigenvalue weighted by Crippen LogP contribution is -2.28. The van der Waals surface area contributed by atoms with Gasteiger partial charge >= 0.3 is 35.8 Å². The van der Waals surface area contributed by atoms with Crippen LogP contribution in [0.4, 0.5) is 0 Å². The second-order valence-electron chi connectivity index (χ2n) is 18.5. The number of rotatable bonds is 32. The Morgan fingerprint density at radius 2 is 0.955 bits per heavy atom. The van der Waals surface area contributed by atoms with E-state index in [2.05, 4.69) is 18.0 Å². The summed E-state index contributed by atoms with van der Waals surface area (Å²) in [6.45, 7) is 27.5. The summed E-state index contributed by atoms with van der Waals surface area (Å²) in [7, 11) is 0. The maximum atomic E-state index is 13.0. The molecule has 0 atom stereocenters. The number of nitrogens with zero attached hydrogens (tertiary/aromatic N) is 2. The highest BCUT2D eigenvalue weighted by atomic mass is 32.2. The first-order chi connectivity index (χ1) is 31.7. The summed E-state index contributed by atoms with van der Waals surface area (Å²) >= 11 is 2.31. The quantitative estimate of drug-likeness (QED) is 0.0126. The Morgan fingerprint density at radius 1 is 0.597 bits per heavy atom. The molecular formula is C51H70N2O12S2. The highest BCUT2D eigenvalue weighted by Gasteiger charge is 2.32. The van der Waals surface area contributed by atoms with Crippen molar-refractivity contribution in [2.24, 2.45) is 10.8 Å². The van der Waals surface area contributed by atoms with Crippen LogP contribution >= 0.6 is 23.5 Å². The van der Waals surface area contributed by atoms with E-state index in [1.807, 2.05) is 33.8 Å². The molecule has 0 saturated carbocycles. The molecule has 67 heavy (non-hydrogen) atoms. The van der Waals surface area contributed by atoms with Crippen molar-refractivity contribution >= 4 is 59.3 Å². The molecule has 14 nitrogen and oxygen atoms in total. The zero-order valence-corrected chi connectivity index (χ0v) is 42.3. The van der Waals surface area contributed by atoms with E-state index in [-0.39, 0.29) is 56.9 Å². The van der Waals surface area contributed by atoms with E-state index in [9.17, 15) is 34.0 Å². The van der Waals surface area contributed by atoms with Crippen LogP contribution in [0.3, 0.4) is 0 Å². The maximum absolute atomic E-state index is 13.0. The number of carbonyl (C=O) groups is 6. The van der Waals surface area contributed by atoms with Gasteiger partial charge in [0.25, 0.3) is 5.70 Å². The van der Waals surface area contributed by atoms with Crippen molar-refractivity contribution in [2.75, 3.05) is 26.4 Å². The van der Waals surface area contributed by atoms with Gasteiger partial charge in [-0.15, -0.1) is 0 Å². The Bertz CT molecular complexity index is 2030. The van der Waals surface area contributed by atoms with Gasteiger partial charge in [-0.1, -0.05) is 129 Å². The highest BCUT2D eigenvalue weighted by molar-refractivity contribution is 8.24. The lowest BCUT2D eigenvalue weighted by molar-refractivity contribution is -0.152. The largest absolute Gasteiger partial charge is 0.465 e. The first-order valence-electron chi connectivity index (χ1n) is 23.1. The van der Waals surface area contributed by atoms with E-state index in [0.717, 1.165) is 87.7 Å². The number of hydrogen-bond acceptors (Lipinski definition) is 15. The van der Waals surface area contributed by atoms with Crippen molar-refractivity contribution in [2.45, 2.75) is 174 Å². The fraction of sp³-hybridized carbons (Fsp3) is 0.608. The monoisotopic (exact) mass is 966 g/mol. The van der Waals surface area contributed by atoms with Gasteiger partial charge in [-0.3, -0.25) is 19.2 Å². The third-order valence-electron chi connectivity index (χ3n) is 10.2. The van der Waals surface area contributed by atoms with E-state index in [4.69, 9.17) is 35.0 Å². The summed E-state index contributed by atoms with van der Waals surface area (Å²) in [6, 6.07) is 3.58. The molecule has 0 aliphatic carbocycles. The lowest BCUT2D eigenvalue weighted by Gasteiger charge is -2.23. The number of fused-ring (bicyclic) bond motifs is 1. The highest BCUT2D eigenvalue weighted by Crippen LogP contribution is 2.60. The molecule has 0 unspecified atom stereocenters. The average Bonchev–Trinajstić information content (AvgIpc) is 3.72. The fourth-order valence-electron chi connectivity index (χ4n) is 6.26. The van der Waals surface area contributed by atoms with E-state index in [1.165, 1.54) is 0 Å². The van der Waals surface area contributed by atoms with Crippen LogP contribution in [0.25, 0.3) is 4.85 Å². The second-order valence-corrected chi connectivity index (χ2v) is 20.8. The van der Waals surface area contributed by atoms with Crippen LogP contribution in [0.1, 0.15) is 163 Å². The Hall–Kier alpha value is -5.06. The van der Waals surface area contributed by atoms with Crippen LogP contribution in [0.5, 0.6) is 11.5 Å². The molecule has 1 aromatic carbocycles. The van der Waals surface area contributed by atoms with Gasteiger partial charge in [0.2, 0.25) is 0 Å². The lowest BCUT2D eigenvalue weighted by atomic mass is 9.96. The summed E-state index contributed by atoms with van der Waals surface area (Å²) in [5, 5.41) is 9.58. The van der Waals surface area contributed by atoms with E-state index in [1.54, 1.807) is 26.8 Å². The molecule has 0 fully saturated rings. The van der Waals surface area contributed by atoms with Crippen LogP contribution in [0, 0.1) is 35.7 Å². The van der Waals surface area contributed by atoms with Crippen LogP contribution in [-0.4, -0.2) is 62.2 Å². The number of esters is 6. The van der Waals surface area contributed by atoms with Crippen molar-refractivity contribution in [1.82, 2.24) is 0 Å². The minimum atomic E-state index is -0.504. The van der Waals surface area contributed by atoms with Gasteiger partial charge < -0.3 is 28.4 Å². The molecule has 0 saturated heterocycles. The number of hydrogen-bond donors (Lipinski definition) is 0. The first kappa shape index (κ1) is 58.1. The first-order valence-corrected chi connectivity index (χ1v) is 24.7. The van der Waals surface area contributed by atoms with Crippen LogP contribution in [0.15, 0.2) is 50.1 Å². The number of unbranched alkanes of at least 4 members (excludes halogenated alkanes) is 12. The second kappa shape index (κ2) is 30.3. The summed E-state index contributed by atoms with van der Waals surface area (Å²) in [6.07, 6.45) is 12.9. The topological polar surface area (TPSA) is 186 Å². The predicted octanol–water partition coefficient (Wildman–Crippen LogP) is 12.0. The third kappa shape index (κ3) is 23.5. The van der Waals surface area contributed by atoms with E-state index < -0.39 is 34.7 Å². The van der Waals surface area contributed by atoms with Gasteiger partial charge in [0.1, 0.15) is 11.5 Å². The smallest absolute Gasteiger partial charge is 0.333 e. The number of carbonyl (C=O) groups excluding carboxylic acids is 6. The molecule has 1 heterocycles. The summed E-state index contributed by atoms with van der Waals surface area (Å²) in [5.41, 5.74) is 0.111. The molecular weight excluding hydrogens is 897 g/mol. The fourth-order valence-corrected chi connectivity index (χ4v) is 8.80. The minimum absolute atomic E-state index is 0.0992. The molecule has 0 bridgehead atoms. The van der Waals surface area contributed by atoms with Crippen molar-refractivity contribution in [3.05, 3.63) is 57.3 Å². The van der Waals surface area contributed by atoms with Crippen molar-refractivity contribution < 1.29 is 57.2 Å². The molecule has 368 valence electrons. The van der Waals surface area contributed by atoms with Gasteiger partial charge in [-0.05, 0) is 58.1 Å². The Balaban J connectivity index is 1.73. The zero-order valence-electron chi connectivity index (χ0n) is 40.7. The summed E-state index contributed by atoms with van der Waals surface area (Å²) in [4.78, 5) is 78.2. The van der Waals surface area contributed by atoms with Gasteiger partial charge in [-0.25, -0.2) is 19.7 Å². The molecule has 1 aliphatic rings. The van der Waals surface area contributed by atoms with Gasteiger partial charge in [0.05, 0.1) is 53.1 Å². The molecule has 16 heteroatoms. The molecule has 0 aromatic heterocycles. The van der Waals surface area contributed by atoms with Gasteiger partial charge in [-0.2, -0.15) is 0 Å². The van der Waals surface area contributed by atoms with E-state index in [0.29, 0.717) is 80.8 Å². The molecule has 1 aromatic rings. The number of aryl methyl sites for hydroxylation is 1. The summed E-state index contributed by atoms with van der Waals surface area (Å²) in [5.74, 6) is -1.70. The number of benzene rings is 1. The Morgan fingerprint density at radius 3 is 1.34 bits per heavy atom. The van der Waals surface area contributed by atoms with E-state index >= 15 is 0 Å².